The molecule has 146 valence electrons. The third-order valence-electron chi connectivity index (χ3n) is 3.60. The zero-order chi connectivity index (χ0) is 20.6. The van der Waals surface area contributed by atoms with Crippen LogP contribution in [-0.4, -0.2) is 39.9 Å². The van der Waals surface area contributed by atoms with E-state index in [4.69, 9.17) is 10.00 Å². The molecule has 0 spiro atoms. The van der Waals surface area contributed by atoms with Crippen molar-refractivity contribution in [2.24, 2.45) is 5.10 Å². The normalized spacial score (nSPS) is 11.0. The second kappa shape index (κ2) is 9.53. The van der Waals surface area contributed by atoms with Gasteiger partial charge in [-0.15, -0.1) is 0 Å². The second-order valence-corrected chi connectivity index (χ2v) is 7.82. The Morgan fingerprint density at radius 2 is 1.86 bits per heavy atom. The van der Waals surface area contributed by atoms with E-state index in [9.17, 15) is 13.2 Å². The van der Waals surface area contributed by atoms with Crippen LogP contribution in [0, 0.1) is 18.3 Å². The predicted molar refractivity (Wildman–Crippen MR) is 107 cm³/mol. The molecule has 0 aromatic heterocycles. The molecule has 0 bridgehead atoms. The first-order valence-corrected chi connectivity index (χ1v) is 10.1. The van der Waals surface area contributed by atoms with Crippen LogP contribution in [0.1, 0.15) is 11.1 Å². The van der Waals surface area contributed by atoms with E-state index < -0.39 is 15.9 Å². The number of sulfonamides is 1. The summed E-state index contributed by atoms with van der Waals surface area (Å²) in [5, 5.41) is 12.3. The van der Waals surface area contributed by atoms with Crippen molar-refractivity contribution >= 4 is 27.8 Å². The highest BCUT2D eigenvalue weighted by Gasteiger charge is 2.20. The third-order valence-corrected chi connectivity index (χ3v) is 4.74. The lowest BCUT2D eigenvalue weighted by atomic mass is 10.2. The van der Waals surface area contributed by atoms with Crippen LogP contribution in [0.4, 0.5) is 5.69 Å². The topological polar surface area (TPSA) is 112 Å². The number of carbonyl (C=O) groups is 1. The summed E-state index contributed by atoms with van der Waals surface area (Å²) >= 11 is 0. The molecule has 0 unspecified atom stereocenters. The number of nitriles is 1. The van der Waals surface area contributed by atoms with Gasteiger partial charge in [0.25, 0.3) is 5.91 Å². The highest BCUT2D eigenvalue weighted by atomic mass is 32.2. The highest BCUT2D eigenvalue weighted by molar-refractivity contribution is 7.92. The van der Waals surface area contributed by atoms with Gasteiger partial charge < -0.3 is 4.74 Å². The summed E-state index contributed by atoms with van der Waals surface area (Å²) in [6.45, 7) is 1.46. The molecule has 0 fully saturated rings. The summed E-state index contributed by atoms with van der Waals surface area (Å²) in [6.07, 6.45) is 2.46. The van der Waals surface area contributed by atoms with Gasteiger partial charge in [0.15, 0.2) is 6.61 Å². The number of hydrogen-bond donors (Lipinski definition) is 1. The molecular formula is C19H20N4O4S. The number of aryl methyl sites for hydroxylation is 1. The summed E-state index contributed by atoms with van der Waals surface area (Å²) in [5.41, 5.74) is 4.40. The maximum atomic E-state index is 12.1. The van der Waals surface area contributed by atoms with Crippen molar-refractivity contribution in [2.75, 3.05) is 23.7 Å². The lowest BCUT2D eigenvalue weighted by Gasteiger charge is -2.21. The minimum Gasteiger partial charge on any atom is -0.479 e. The van der Waals surface area contributed by atoms with Crippen molar-refractivity contribution in [3.63, 3.8) is 0 Å². The number of amides is 1. The molecule has 0 heterocycles. The van der Waals surface area contributed by atoms with Gasteiger partial charge in [-0.1, -0.05) is 17.7 Å². The van der Waals surface area contributed by atoms with Gasteiger partial charge >= 0.3 is 0 Å². The van der Waals surface area contributed by atoms with E-state index in [1.54, 1.807) is 48.5 Å². The summed E-state index contributed by atoms with van der Waals surface area (Å²) in [5.74, 6) is -0.0270. The van der Waals surface area contributed by atoms with Gasteiger partial charge in [-0.3, -0.25) is 9.10 Å². The standard InChI is InChI=1S/C19H20N4O4S/c1-15-3-7-17(8-4-15)23(28(2,25)26)14-19(24)22-21-13-16-5-9-18(10-6-16)27-12-11-20/h3-10,13H,12,14H2,1-2H3,(H,22,24)/b21-13-. The van der Waals surface area contributed by atoms with Gasteiger partial charge in [-0.05, 0) is 48.9 Å². The lowest BCUT2D eigenvalue weighted by Crippen LogP contribution is -2.39. The van der Waals surface area contributed by atoms with Crippen molar-refractivity contribution in [3.8, 4) is 11.8 Å². The molecule has 9 heteroatoms. The average Bonchev–Trinajstić information content (AvgIpc) is 2.65. The summed E-state index contributed by atoms with van der Waals surface area (Å²) in [7, 11) is -3.63. The Hall–Kier alpha value is -3.38. The molecule has 0 saturated carbocycles. The monoisotopic (exact) mass is 400 g/mol. The summed E-state index contributed by atoms with van der Waals surface area (Å²) in [6, 6.07) is 15.5. The number of hydrazone groups is 1. The Kier molecular flexibility index (Phi) is 7.12. The molecule has 2 rings (SSSR count). The molecule has 2 aromatic rings. The Morgan fingerprint density at radius 1 is 1.21 bits per heavy atom. The predicted octanol–water partition coefficient (Wildman–Crippen LogP) is 1.81. The molecule has 0 aliphatic heterocycles. The molecule has 1 amide bonds. The van der Waals surface area contributed by atoms with Crippen LogP contribution in [0.25, 0.3) is 0 Å². The number of ether oxygens (including phenoxy) is 1. The number of nitrogens with one attached hydrogen (secondary N) is 1. The quantitative estimate of drug-likeness (QED) is 0.536. The Bertz CT molecular complexity index is 978. The third kappa shape index (κ3) is 6.41. The van der Waals surface area contributed by atoms with Crippen molar-refractivity contribution in [2.45, 2.75) is 6.92 Å². The van der Waals surface area contributed by atoms with Crippen LogP contribution < -0.4 is 14.5 Å². The zero-order valence-corrected chi connectivity index (χ0v) is 16.3. The number of nitrogens with zero attached hydrogens (tertiary/aromatic N) is 3. The highest BCUT2D eigenvalue weighted by Crippen LogP contribution is 2.17. The molecule has 28 heavy (non-hydrogen) atoms. The summed E-state index contributed by atoms with van der Waals surface area (Å²) < 4.78 is 30.2. The van der Waals surface area contributed by atoms with E-state index in [0.717, 1.165) is 16.1 Å². The van der Waals surface area contributed by atoms with Crippen LogP contribution in [0.5, 0.6) is 5.75 Å². The SMILES string of the molecule is Cc1ccc(N(CC(=O)N/N=C\c2ccc(OCC#N)cc2)S(C)(=O)=O)cc1. The molecule has 0 aliphatic carbocycles. The molecule has 0 saturated heterocycles. The van der Waals surface area contributed by atoms with Crippen molar-refractivity contribution in [1.82, 2.24) is 5.43 Å². The summed E-state index contributed by atoms with van der Waals surface area (Å²) in [4.78, 5) is 12.1. The first kappa shape index (κ1) is 20.9. The van der Waals surface area contributed by atoms with E-state index in [0.29, 0.717) is 17.0 Å². The van der Waals surface area contributed by atoms with Crippen LogP contribution in [0.2, 0.25) is 0 Å². The lowest BCUT2D eigenvalue weighted by molar-refractivity contribution is -0.119. The first-order chi connectivity index (χ1) is 13.3. The molecule has 0 aliphatic rings. The van der Waals surface area contributed by atoms with E-state index in [2.05, 4.69) is 10.5 Å². The van der Waals surface area contributed by atoms with Crippen LogP contribution >= 0.6 is 0 Å². The molecule has 2 aromatic carbocycles. The maximum absolute atomic E-state index is 12.1. The Labute approximate surface area is 164 Å². The van der Waals surface area contributed by atoms with Gasteiger partial charge in [-0.2, -0.15) is 10.4 Å². The van der Waals surface area contributed by atoms with Crippen molar-refractivity contribution in [1.29, 1.82) is 5.26 Å². The van der Waals surface area contributed by atoms with Crippen LogP contribution in [0.3, 0.4) is 0 Å². The zero-order valence-electron chi connectivity index (χ0n) is 15.5. The van der Waals surface area contributed by atoms with E-state index in [1.165, 1.54) is 6.21 Å². The second-order valence-electron chi connectivity index (χ2n) is 5.91. The van der Waals surface area contributed by atoms with Gasteiger partial charge in [0.2, 0.25) is 10.0 Å². The van der Waals surface area contributed by atoms with Gasteiger partial charge in [0.1, 0.15) is 18.4 Å². The minimum atomic E-state index is -3.63. The fourth-order valence-corrected chi connectivity index (χ4v) is 3.08. The van der Waals surface area contributed by atoms with E-state index in [-0.39, 0.29) is 13.2 Å². The Balaban J connectivity index is 1.98. The van der Waals surface area contributed by atoms with Crippen molar-refractivity contribution < 1.29 is 17.9 Å². The van der Waals surface area contributed by atoms with Crippen LogP contribution in [0.15, 0.2) is 53.6 Å². The fraction of sp³-hybridized carbons (Fsp3) is 0.211. The number of rotatable bonds is 8. The average molecular weight is 400 g/mol. The van der Waals surface area contributed by atoms with Crippen LogP contribution in [-0.2, 0) is 14.8 Å². The first-order valence-electron chi connectivity index (χ1n) is 8.25. The maximum Gasteiger partial charge on any atom is 0.260 e. The fourth-order valence-electron chi connectivity index (χ4n) is 2.22. The number of hydrogen-bond acceptors (Lipinski definition) is 6. The smallest absolute Gasteiger partial charge is 0.260 e. The molecule has 1 N–H and O–H groups in total. The largest absolute Gasteiger partial charge is 0.479 e. The van der Waals surface area contributed by atoms with Gasteiger partial charge in [0.05, 0.1) is 18.2 Å². The Morgan fingerprint density at radius 3 is 2.43 bits per heavy atom. The molecular weight excluding hydrogens is 380 g/mol. The number of carbonyl (C=O) groups excluding carboxylic acids is 1. The van der Waals surface area contributed by atoms with Gasteiger partial charge in [0, 0.05) is 0 Å². The van der Waals surface area contributed by atoms with Crippen molar-refractivity contribution in [3.05, 3.63) is 59.7 Å². The number of benzene rings is 2. The van der Waals surface area contributed by atoms with Gasteiger partial charge in [-0.25, -0.2) is 13.8 Å². The number of anilines is 1. The molecule has 0 atom stereocenters. The molecule has 8 nitrogen and oxygen atoms in total. The van der Waals surface area contributed by atoms with E-state index in [1.807, 2.05) is 13.0 Å². The molecule has 0 radical (unpaired) electrons. The van der Waals surface area contributed by atoms with E-state index >= 15 is 0 Å². The minimum absolute atomic E-state index is 0.0404.